The van der Waals surface area contributed by atoms with E-state index in [-0.39, 0.29) is 0 Å². The van der Waals surface area contributed by atoms with Crippen molar-refractivity contribution in [2.75, 3.05) is 6.54 Å². The van der Waals surface area contributed by atoms with E-state index < -0.39 is 0 Å². The molecule has 60 valence electrons. The minimum absolute atomic E-state index is 0.310. The van der Waals surface area contributed by atoms with Gasteiger partial charge in [0.25, 0.3) is 0 Å². The largest absolute Gasteiger partial charge is 0.468 e. The SMILES string of the molecule is NN1CCCC1c1ccco1. The molecule has 0 aliphatic carbocycles. The van der Waals surface area contributed by atoms with Gasteiger partial charge < -0.3 is 4.42 Å². The Balaban J connectivity index is 2.16. The minimum atomic E-state index is 0.310. The molecule has 1 fully saturated rings. The van der Waals surface area contributed by atoms with Crippen LogP contribution in [0.5, 0.6) is 0 Å². The summed E-state index contributed by atoms with van der Waals surface area (Å²) >= 11 is 0. The molecule has 1 aliphatic rings. The van der Waals surface area contributed by atoms with Gasteiger partial charge in [0.2, 0.25) is 0 Å². The van der Waals surface area contributed by atoms with Gasteiger partial charge in [0.1, 0.15) is 5.76 Å². The van der Waals surface area contributed by atoms with Crippen molar-refractivity contribution in [3.8, 4) is 0 Å². The third-order valence-electron chi connectivity index (χ3n) is 2.17. The van der Waals surface area contributed by atoms with Crippen LogP contribution in [0.3, 0.4) is 0 Å². The summed E-state index contributed by atoms with van der Waals surface area (Å²) in [6.45, 7) is 0.978. The predicted molar refractivity (Wildman–Crippen MR) is 41.6 cm³/mol. The molecule has 0 radical (unpaired) electrons. The number of hydrazine groups is 1. The molecule has 3 heteroatoms. The first-order valence-electron chi connectivity index (χ1n) is 3.92. The van der Waals surface area contributed by atoms with Gasteiger partial charge in [-0.05, 0) is 25.0 Å². The molecule has 2 heterocycles. The lowest BCUT2D eigenvalue weighted by atomic mass is 10.2. The second-order valence-electron chi connectivity index (χ2n) is 2.91. The Labute approximate surface area is 65.7 Å². The molecule has 0 aromatic carbocycles. The lowest BCUT2D eigenvalue weighted by Crippen LogP contribution is -2.29. The van der Waals surface area contributed by atoms with E-state index in [9.17, 15) is 0 Å². The second-order valence-corrected chi connectivity index (χ2v) is 2.91. The summed E-state index contributed by atoms with van der Waals surface area (Å²) in [5, 5.41) is 1.85. The molecular weight excluding hydrogens is 140 g/mol. The third kappa shape index (κ3) is 1.17. The average molecular weight is 152 g/mol. The summed E-state index contributed by atoms with van der Waals surface area (Å²) < 4.78 is 5.27. The molecule has 1 aromatic rings. The van der Waals surface area contributed by atoms with Crippen molar-refractivity contribution < 1.29 is 4.42 Å². The Morgan fingerprint density at radius 1 is 1.64 bits per heavy atom. The number of nitrogens with zero attached hydrogens (tertiary/aromatic N) is 1. The molecule has 2 N–H and O–H groups in total. The van der Waals surface area contributed by atoms with Crippen molar-refractivity contribution in [2.45, 2.75) is 18.9 Å². The molecule has 1 saturated heterocycles. The van der Waals surface area contributed by atoms with Gasteiger partial charge in [-0.1, -0.05) is 0 Å². The molecule has 1 aromatic heterocycles. The first kappa shape index (κ1) is 6.88. The Morgan fingerprint density at radius 3 is 3.09 bits per heavy atom. The Morgan fingerprint density at radius 2 is 2.55 bits per heavy atom. The van der Waals surface area contributed by atoms with Gasteiger partial charge in [-0.15, -0.1) is 0 Å². The summed E-state index contributed by atoms with van der Waals surface area (Å²) in [6.07, 6.45) is 3.98. The monoisotopic (exact) mass is 152 g/mol. The highest BCUT2D eigenvalue weighted by atomic mass is 16.3. The maximum atomic E-state index is 5.74. The van der Waals surface area contributed by atoms with Crippen LogP contribution in [-0.2, 0) is 0 Å². The second kappa shape index (κ2) is 2.68. The van der Waals surface area contributed by atoms with E-state index in [2.05, 4.69) is 0 Å². The maximum Gasteiger partial charge on any atom is 0.122 e. The Kier molecular flexibility index (Phi) is 1.68. The molecule has 0 amide bonds. The van der Waals surface area contributed by atoms with Crippen LogP contribution in [0, 0.1) is 0 Å². The lowest BCUT2D eigenvalue weighted by Gasteiger charge is -2.15. The number of hydrogen-bond acceptors (Lipinski definition) is 3. The van der Waals surface area contributed by atoms with Gasteiger partial charge in [-0.2, -0.15) is 0 Å². The third-order valence-corrected chi connectivity index (χ3v) is 2.17. The van der Waals surface area contributed by atoms with Crippen LogP contribution in [0.1, 0.15) is 24.6 Å². The molecule has 1 unspecified atom stereocenters. The van der Waals surface area contributed by atoms with Crippen molar-refractivity contribution >= 4 is 0 Å². The van der Waals surface area contributed by atoms with Gasteiger partial charge in [0.15, 0.2) is 0 Å². The van der Waals surface area contributed by atoms with E-state index in [4.69, 9.17) is 10.3 Å². The lowest BCUT2D eigenvalue weighted by molar-refractivity contribution is 0.235. The fourth-order valence-corrected chi connectivity index (χ4v) is 1.58. The highest BCUT2D eigenvalue weighted by molar-refractivity contribution is 5.05. The van der Waals surface area contributed by atoms with Crippen LogP contribution in [0.15, 0.2) is 22.8 Å². The summed E-state index contributed by atoms with van der Waals surface area (Å²) in [6, 6.07) is 4.20. The quantitative estimate of drug-likeness (QED) is 0.616. The van der Waals surface area contributed by atoms with Crippen LogP contribution in [0.2, 0.25) is 0 Å². The van der Waals surface area contributed by atoms with E-state index in [1.165, 1.54) is 6.42 Å². The van der Waals surface area contributed by atoms with Crippen LogP contribution in [-0.4, -0.2) is 11.6 Å². The standard InChI is InChI=1S/C8H12N2O/c9-10-5-1-3-7(10)8-4-2-6-11-8/h2,4,6-7H,1,3,5,9H2. The Bertz CT molecular complexity index is 220. The molecule has 1 atom stereocenters. The molecule has 1 aliphatic heterocycles. The van der Waals surface area contributed by atoms with E-state index >= 15 is 0 Å². The normalized spacial score (nSPS) is 26.1. The Hall–Kier alpha value is -0.800. The molecule has 0 bridgehead atoms. The predicted octanol–water partition coefficient (Wildman–Crippen LogP) is 1.29. The van der Waals surface area contributed by atoms with Crippen molar-refractivity contribution in [2.24, 2.45) is 5.84 Å². The van der Waals surface area contributed by atoms with Crippen LogP contribution < -0.4 is 5.84 Å². The van der Waals surface area contributed by atoms with Crippen molar-refractivity contribution in [1.29, 1.82) is 0 Å². The summed E-state index contributed by atoms with van der Waals surface area (Å²) in [5.74, 6) is 6.73. The van der Waals surface area contributed by atoms with Crippen LogP contribution in [0.4, 0.5) is 0 Å². The molecule has 3 nitrogen and oxygen atoms in total. The average Bonchev–Trinajstić information content (AvgIpc) is 2.55. The zero-order valence-electron chi connectivity index (χ0n) is 6.36. The van der Waals surface area contributed by atoms with Crippen molar-refractivity contribution in [3.05, 3.63) is 24.2 Å². The smallest absolute Gasteiger partial charge is 0.122 e. The topological polar surface area (TPSA) is 42.4 Å². The first-order valence-corrected chi connectivity index (χ1v) is 3.92. The van der Waals surface area contributed by atoms with Crippen molar-refractivity contribution in [1.82, 2.24) is 5.01 Å². The zero-order chi connectivity index (χ0) is 7.68. The maximum absolute atomic E-state index is 5.74. The number of furan rings is 1. The highest BCUT2D eigenvalue weighted by Gasteiger charge is 2.24. The highest BCUT2D eigenvalue weighted by Crippen LogP contribution is 2.28. The van der Waals surface area contributed by atoms with Gasteiger partial charge in [0.05, 0.1) is 12.3 Å². The van der Waals surface area contributed by atoms with Gasteiger partial charge in [-0.3, -0.25) is 5.84 Å². The number of hydrogen-bond donors (Lipinski definition) is 1. The van der Waals surface area contributed by atoms with Crippen molar-refractivity contribution in [3.63, 3.8) is 0 Å². The van der Waals surface area contributed by atoms with Gasteiger partial charge in [-0.25, -0.2) is 5.01 Å². The molecular formula is C8H12N2O. The van der Waals surface area contributed by atoms with Crippen LogP contribution in [0.25, 0.3) is 0 Å². The zero-order valence-corrected chi connectivity index (χ0v) is 6.36. The minimum Gasteiger partial charge on any atom is -0.468 e. The molecule has 0 spiro atoms. The van der Waals surface area contributed by atoms with E-state index in [1.807, 2.05) is 17.1 Å². The molecule has 0 saturated carbocycles. The summed E-state index contributed by atoms with van der Waals surface area (Å²) in [5.41, 5.74) is 0. The van der Waals surface area contributed by atoms with Gasteiger partial charge in [0, 0.05) is 6.54 Å². The summed E-state index contributed by atoms with van der Waals surface area (Å²) in [4.78, 5) is 0. The number of nitrogens with two attached hydrogens (primary N) is 1. The number of rotatable bonds is 1. The van der Waals surface area contributed by atoms with E-state index in [0.29, 0.717) is 6.04 Å². The summed E-state index contributed by atoms with van der Waals surface area (Å²) in [7, 11) is 0. The van der Waals surface area contributed by atoms with Gasteiger partial charge >= 0.3 is 0 Å². The van der Waals surface area contributed by atoms with E-state index in [0.717, 1.165) is 18.7 Å². The van der Waals surface area contributed by atoms with Crippen LogP contribution >= 0.6 is 0 Å². The fraction of sp³-hybridized carbons (Fsp3) is 0.500. The van der Waals surface area contributed by atoms with E-state index in [1.54, 1.807) is 6.26 Å². The first-order chi connectivity index (χ1) is 5.38. The fourth-order valence-electron chi connectivity index (χ4n) is 1.58. The molecule has 2 rings (SSSR count). The molecule has 11 heavy (non-hydrogen) atoms.